The van der Waals surface area contributed by atoms with E-state index in [0.29, 0.717) is 5.02 Å². The third kappa shape index (κ3) is 5.68. The van der Waals surface area contributed by atoms with E-state index in [1.807, 2.05) is 26.0 Å². The van der Waals surface area contributed by atoms with Crippen LogP contribution in [0, 0.1) is 11.8 Å². The molecule has 4 nitrogen and oxygen atoms in total. The zero-order valence-corrected chi connectivity index (χ0v) is 14.5. The van der Waals surface area contributed by atoms with E-state index in [1.165, 1.54) is 0 Å². The topological polar surface area (TPSA) is 55.4 Å². The summed E-state index contributed by atoms with van der Waals surface area (Å²) in [6.45, 7) is 9.27. The highest BCUT2D eigenvalue weighted by Gasteiger charge is 2.29. The van der Waals surface area contributed by atoms with Gasteiger partial charge in [0.05, 0.1) is 6.04 Å². The molecule has 1 aromatic rings. The third-order valence-electron chi connectivity index (χ3n) is 3.21. The van der Waals surface area contributed by atoms with Gasteiger partial charge in [0.15, 0.2) is 0 Å². The fourth-order valence-corrected chi connectivity index (χ4v) is 2.25. The molecule has 1 aromatic carbocycles. The van der Waals surface area contributed by atoms with Gasteiger partial charge in [0.2, 0.25) is 0 Å². The zero-order chi connectivity index (χ0) is 16.9. The Labute approximate surface area is 137 Å². The molecule has 0 radical (unpaired) electrons. The average molecular weight is 326 g/mol. The summed E-state index contributed by atoms with van der Waals surface area (Å²) >= 11 is 5.90. The fraction of sp³-hybridized carbons (Fsp3) is 0.529. The summed E-state index contributed by atoms with van der Waals surface area (Å²) in [5, 5.41) is 3.41. The Balaban J connectivity index is 3.03. The highest BCUT2D eigenvalue weighted by atomic mass is 35.5. The Kier molecular flexibility index (Phi) is 6.42. The predicted molar refractivity (Wildman–Crippen MR) is 88.0 cm³/mol. The van der Waals surface area contributed by atoms with E-state index in [2.05, 4.69) is 5.32 Å². The normalized spacial score (nSPS) is 14.3. The molecule has 0 saturated heterocycles. The Hall–Kier alpha value is -1.55. The number of amides is 1. The van der Waals surface area contributed by atoms with Crippen LogP contribution >= 0.6 is 11.6 Å². The fourth-order valence-electron chi connectivity index (χ4n) is 2.13. The molecule has 22 heavy (non-hydrogen) atoms. The first kappa shape index (κ1) is 18.5. The van der Waals surface area contributed by atoms with Crippen molar-refractivity contribution in [3.05, 3.63) is 34.9 Å². The summed E-state index contributed by atoms with van der Waals surface area (Å²) in [5.74, 6) is -0.276. The summed E-state index contributed by atoms with van der Waals surface area (Å²) in [7, 11) is 0. The molecule has 1 amide bonds. The van der Waals surface area contributed by atoms with Gasteiger partial charge in [0.1, 0.15) is 11.9 Å². The number of aldehydes is 1. The average Bonchev–Trinajstić information content (AvgIpc) is 2.36. The molecule has 0 heterocycles. The molecule has 0 aromatic heterocycles. The Morgan fingerprint density at radius 2 is 1.77 bits per heavy atom. The van der Waals surface area contributed by atoms with Crippen molar-refractivity contribution in [3.8, 4) is 0 Å². The van der Waals surface area contributed by atoms with E-state index < -0.39 is 17.7 Å². The summed E-state index contributed by atoms with van der Waals surface area (Å²) in [6.07, 6.45) is 0.335. The number of hydrogen-bond donors (Lipinski definition) is 1. The number of carbonyl (C=O) groups is 2. The van der Waals surface area contributed by atoms with E-state index in [4.69, 9.17) is 16.3 Å². The molecule has 0 saturated carbocycles. The van der Waals surface area contributed by atoms with Crippen LogP contribution in [0.3, 0.4) is 0 Å². The summed E-state index contributed by atoms with van der Waals surface area (Å²) in [4.78, 5) is 23.6. The highest BCUT2D eigenvalue weighted by molar-refractivity contribution is 6.30. The quantitative estimate of drug-likeness (QED) is 0.817. The van der Waals surface area contributed by atoms with Crippen molar-refractivity contribution in [1.82, 2.24) is 5.32 Å². The van der Waals surface area contributed by atoms with Gasteiger partial charge < -0.3 is 14.8 Å². The van der Waals surface area contributed by atoms with E-state index in [9.17, 15) is 9.59 Å². The molecule has 0 fully saturated rings. The van der Waals surface area contributed by atoms with E-state index in [0.717, 1.165) is 11.8 Å². The molecular formula is C17H24ClNO3. The molecule has 2 atom stereocenters. The Bertz CT molecular complexity index is 506. The van der Waals surface area contributed by atoms with Gasteiger partial charge in [-0.25, -0.2) is 4.79 Å². The van der Waals surface area contributed by atoms with E-state index >= 15 is 0 Å². The molecule has 0 spiro atoms. The molecule has 1 N–H and O–H groups in total. The van der Waals surface area contributed by atoms with Crippen LogP contribution in [-0.2, 0) is 9.53 Å². The first-order valence-corrected chi connectivity index (χ1v) is 7.72. The first-order chi connectivity index (χ1) is 10.1. The van der Waals surface area contributed by atoms with Gasteiger partial charge in [-0.2, -0.15) is 0 Å². The number of benzene rings is 1. The second kappa shape index (κ2) is 7.63. The van der Waals surface area contributed by atoms with E-state index in [-0.39, 0.29) is 11.8 Å². The van der Waals surface area contributed by atoms with Crippen LogP contribution in [0.1, 0.15) is 46.2 Å². The summed E-state index contributed by atoms with van der Waals surface area (Å²) in [6, 6.07) is 6.64. The van der Waals surface area contributed by atoms with Crippen LogP contribution in [0.15, 0.2) is 24.3 Å². The van der Waals surface area contributed by atoms with Crippen molar-refractivity contribution in [2.45, 2.75) is 46.3 Å². The van der Waals surface area contributed by atoms with Crippen LogP contribution in [0.2, 0.25) is 5.02 Å². The smallest absolute Gasteiger partial charge is 0.408 e. The van der Waals surface area contributed by atoms with Crippen molar-refractivity contribution >= 4 is 24.0 Å². The van der Waals surface area contributed by atoms with E-state index in [1.54, 1.807) is 32.9 Å². The van der Waals surface area contributed by atoms with Gasteiger partial charge in [-0.3, -0.25) is 0 Å². The molecule has 0 aliphatic heterocycles. The van der Waals surface area contributed by atoms with Gasteiger partial charge in [0, 0.05) is 10.9 Å². The molecule has 0 aliphatic carbocycles. The van der Waals surface area contributed by atoms with Crippen molar-refractivity contribution in [1.29, 1.82) is 0 Å². The van der Waals surface area contributed by atoms with Crippen LogP contribution in [0.25, 0.3) is 0 Å². The van der Waals surface area contributed by atoms with Crippen LogP contribution in [0.5, 0.6) is 0 Å². The third-order valence-corrected chi connectivity index (χ3v) is 3.47. The number of ether oxygens (including phenoxy) is 1. The lowest BCUT2D eigenvalue weighted by Gasteiger charge is -2.29. The number of alkyl carbamates (subject to hydrolysis) is 1. The summed E-state index contributed by atoms with van der Waals surface area (Å²) in [5.41, 5.74) is 0.226. The molecule has 1 rings (SSSR count). The van der Waals surface area contributed by atoms with Gasteiger partial charge in [-0.05, 0) is 44.4 Å². The number of halogens is 1. The van der Waals surface area contributed by atoms with Crippen molar-refractivity contribution < 1.29 is 14.3 Å². The minimum absolute atomic E-state index is 0.0770. The van der Waals surface area contributed by atoms with Crippen molar-refractivity contribution in [2.75, 3.05) is 0 Å². The number of hydrogen-bond acceptors (Lipinski definition) is 3. The first-order valence-electron chi connectivity index (χ1n) is 7.34. The number of rotatable bonds is 5. The second-order valence-electron chi connectivity index (χ2n) is 6.63. The maximum absolute atomic E-state index is 12.1. The largest absolute Gasteiger partial charge is 0.444 e. The minimum Gasteiger partial charge on any atom is -0.444 e. The molecule has 0 unspecified atom stereocenters. The number of carbonyl (C=O) groups excluding carboxylic acids is 2. The van der Waals surface area contributed by atoms with Gasteiger partial charge in [-0.15, -0.1) is 0 Å². The molecule has 0 aliphatic rings. The predicted octanol–water partition coefficient (Wildman–Crippen LogP) is 4.38. The van der Waals surface area contributed by atoms with Gasteiger partial charge in [0.25, 0.3) is 0 Å². The molecule has 0 bridgehead atoms. The van der Waals surface area contributed by atoms with Crippen LogP contribution < -0.4 is 5.32 Å². The lowest BCUT2D eigenvalue weighted by atomic mass is 9.85. The monoisotopic (exact) mass is 325 g/mol. The minimum atomic E-state index is -0.594. The SMILES string of the molecule is CC(C)[C@@H](C=O)[C@H](NC(=O)OC(C)(C)C)c1ccc(Cl)cc1. The lowest BCUT2D eigenvalue weighted by molar-refractivity contribution is -0.113. The highest BCUT2D eigenvalue weighted by Crippen LogP contribution is 2.28. The van der Waals surface area contributed by atoms with Crippen molar-refractivity contribution in [3.63, 3.8) is 0 Å². The zero-order valence-electron chi connectivity index (χ0n) is 13.7. The maximum atomic E-state index is 12.1. The molecule has 122 valence electrons. The van der Waals surface area contributed by atoms with Crippen LogP contribution in [-0.4, -0.2) is 18.0 Å². The molecule has 5 heteroatoms. The standard InChI is InChI=1S/C17H24ClNO3/c1-11(2)14(10-20)15(12-6-8-13(18)9-7-12)19-16(21)22-17(3,4)5/h6-11,14-15H,1-5H3,(H,19,21)/t14-,15-/m1/s1. The van der Waals surface area contributed by atoms with Crippen LogP contribution in [0.4, 0.5) is 4.79 Å². The van der Waals surface area contributed by atoms with Gasteiger partial charge in [-0.1, -0.05) is 37.6 Å². The Morgan fingerprint density at radius 1 is 1.23 bits per heavy atom. The lowest BCUT2D eigenvalue weighted by Crippen LogP contribution is -2.39. The maximum Gasteiger partial charge on any atom is 0.408 e. The molecular weight excluding hydrogens is 302 g/mol. The summed E-state index contributed by atoms with van der Waals surface area (Å²) < 4.78 is 5.30. The Morgan fingerprint density at radius 3 is 2.18 bits per heavy atom. The van der Waals surface area contributed by atoms with Crippen molar-refractivity contribution in [2.24, 2.45) is 11.8 Å². The number of nitrogens with one attached hydrogen (secondary N) is 1. The van der Waals surface area contributed by atoms with Gasteiger partial charge >= 0.3 is 6.09 Å². The second-order valence-corrected chi connectivity index (χ2v) is 7.07.